The zero-order valence-corrected chi connectivity index (χ0v) is 16.7. The van der Waals surface area contributed by atoms with Crippen molar-refractivity contribution in [2.45, 2.75) is 6.92 Å². The van der Waals surface area contributed by atoms with Gasteiger partial charge in [-0.25, -0.2) is 9.48 Å². The first-order valence-electron chi connectivity index (χ1n) is 9.78. The third kappa shape index (κ3) is 4.58. The summed E-state index contributed by atoms with van der Waals surface area (Å²) in [6, 6.07) is 27.0. The van der Waals surface area contributed by atoms with Gasteiger partial charge in [0, 0.05) is 11.8 Å². The number of benzene rings is 3. The van der Waals surface area contributed by atoms with Crippen molar-refractivity contribution in [3.63, 3.8) is 0 Å². The Hall–Kier alpha value is -3.86. The molecule has 0 aliphatic carbocycles. The number of aryl methyl sites for hydroxylation is 1. The molecule has 4 aromatic rings. The first-order chi connectivity index (χ1) is 14.7. The minimum atomic E-state index is -0.427. The van der Waals surface area contributed by atoms with Crippen molar-refractivity contribution < 1.29 is 14.3 Å². The molecule has 150 valence electrons. The second-order valence-electron chi connectivity index (χ2n) is 6.84. The predicted molar refractivity (Wildman–Crippen MR) is 116 cm³/mol. The lowest BCUT2D eigenvalue weighted by Crippen LogP contribution is -2.12. The Labute approximate surface area is 175 Å². The maximum absolute atomic E-state index is 12.8. The molecule has 1 aromatic heterocycles. The molecule has 0 aliphatic heterocycles. The average molecular weight is 398 g/mol. The SMILES string of the molecule is Cc1cccc(OCCOC(=O)c2cn(-c3ccccc3)nc2-c2ccccc2)c1. The minimum absolute atomic E-state index is 0.150. The number of rotatable bonds is 7. The lowest BCUT2D eigenvalue weighted by atomic mass is 10.1. The van der Waals surface area contributed by atoms with Crippen LogP contribution in [0.4, 0.5) is 0 Å². The number of nitrogens with zero attached hydrogens (tertiary/aromatic N) is 2. The van der Waals surface area contributed by atoms with Crippen LogP contribution < -0.4 is 4.74 Å². The molecule has 0 saturated heterocycles. The van der Waals surface area contributed by atoms with Gasteiger partial charge in [0.05, 0.1) is 5.69 Å². The first-order valence-corrected chi connectivity index (χ1v) is 9.78. The molecule has 1 heterocycles. The largest absolute Gasteiger partial charge is 0.490 e. The summed E-state index contributed by atoms with van der Waals surface area (Å²) in [5.74, 6) is 0.330. The Bertz CT molecular complexity index is 1120. The molecule has 3 aromatic carbocycles. The van der Waals surface area contributed by atoms with E-state index in [0.717, 1.165) is 22.6 Å². The fourth-order valence-corrected chi connectivity index (χ4v) is 3.12. The normalized spacial score (nSPS) is 10.6. The molecule has 0 fully saturated rings. The topological polar surface area (TPSA) is 53.4 Å². The quantitative estimate of drug-likeness (QED) is 0.322. The van der Waals surface area contributed by atoms with Gasteiger partial charge in [0.1, 0.15) is 30.2 Å². The number of hydrogen-bond acceptors (Lipinski definition) is 4. The van der Waals surface area contributed by atoms with Crippen molar-refractivity contribution in [1.82, 2.24) is 9.78 Å². The molecular weight excluding hydrogens is 376 g/mol. The van der Waals surface area contributed by atoms with Crippen molar-refractivity contribution in [2.24, 2.45) is 0 Å². The van der Waals surface area contributed by atoms with Crippen LogP contribution in [0.5, 0.6) is 5.75 Å². The Morgan fingerprint density at radius 2 is 1.63 bits per heavy atom. The molecular formula is C25H22N2O3. The second-order valence-corrected chi connectivity index (χ2v) is 6.84. The third-order valence-electron chi connectivity index (χ3n) is 4.58. The Balaban J connectivity index is 1.50. The number of ether oxygens (including phenoxy) is 2. The van der Waals surface area contributed by atoms with Gasteiger partial charge in [0.25, 0.3) is 0 Å². The maximum atomic E-state index is 12.8. The van der Waals surface area contributed by atoms with E-state index < -0.39 is 5.97 Å². The molecule has 5 heteroatoms. The van der Waals surface area contributed by atoms with Gasteiger partial charge in [-0.2, -0.15) is 5.10 Å². The van der Waals surface area contributed by atoms with E-state index in [-0.39, 0.29) is 13.2 Å². The number of carbonyl (C=O) groups excluding carboxylic acids is 1. The van der Waals surface area contributed by atoms with Crippen molar-refractivity contribution in [2.75, 3.05) is 13.2 Å². The van der Waals surface area contributed by atoms with E-state index in [0.29, 0.717) is 11.3 Å². The molecule has 0 N–H and O–H groups in total. The summed E-state index contributed by atoms with van der Waals surface area (Å²) in [5.41, 5.74) is 3.85. The lowest BCUT2D eigenvalue weighted by Gasteiger charge is -2.08. The molecule has 0 spiro atoms. The smallest absolute Gasteiger partial charge is 0.342 e. The molecule has 4 rings (SSSR count). The van der Waals surface area contributed by atoms with Crippen molar-refractivity contribution in [1.29, 1.82) is 0 Å². The van der Waals surface area contributed by atoms with E-state index >= 15 is 0 Å². The number of aromatic nitrogens is 2. The average Bonchev–Trinajstić information content (AvgIpc) is 3.24. The van der Waals surface area contributed by atoms with Gasteiger partial charge >= 0.3 is 5.97 Å². The monoisotopic (exact) mass is 398 g/mol. The standard InChI is InChI=1S/C25H22N2O3/c1-19-9-8-14-22(17-19)29-15-16-30-25(28)23-18-27(21-12-6-3-7-13-21)26-24(23)20-10-4-2-5-11-20/h2-14,17-18H,15-16H2,1H3. The molecule has 5 nitrogen and oxygen atoms in total. The second kappa shape index (κ2) is 9.09. The third-order valence-corrected chi connectivity index (χ3v) is 4.58. The van der Waals surface area contributed by atoms with Crippen LogP contribution in [0.2, 0.25) is 0 Å². The van der Waals surface area contributed by atoms with Crippen molar-refractivity contribution in [3.05, 3.63) is 102 Å². The summed E-state index contributed by atoms with van der Waals surface area (Å²) in [6.45, 7) is 2.43. The molecule has 0 unspecified atom stereocenters. The van der Waals surface area contributed by atoms with Gasteiger partial charge in [0.2, 0.25) is 0 Å². The molecule has 0 saturated carbocycles. The molecule has 0 radical (unpaired) electrons. The molecule has 0 aliphatic rings. The van der Waals surface area contributed by atoms with Gasteiger partial charge in [-0.05, 0) is 36.8 Å². The number of hydrogen-bond donors (Lipinski definition) is 0. The van der Waals surface area contributed by atoms with Crippen LogP contribution in [0.1, 0.15) is 15.9 Å². The molecule has 0 atom stereocenters. The van der Waals surface area contributed by atoms with E-state index in [9.17, 15) is 4.79 Å². The predicted octanol–water partition coefficient (Wildman–Crippen LogP) is 5.08. The fraction of sp³-hybridized carbons (Fsp3) is 0.120. The Kier molecular flexibility index (Phi) is 5.90. The summed E-state index contributed by atoms with van der Waals surface area (Å²) >= 11 is 0. The maximum Gasteiger partial charge on any atom is 0.342 e. The number of esters is 1. The van der Waals surface area contributed by atoms with Crippen molar-refractivity contribution >= 4 is 5.97 Å². The van der Waals surface area contributed by atoms with Gasteiger partial charge in [-0.1, -0.05) is 60.7 Å². The zero-order valence-electron chi connectivity index (χ0n) is 16.7. The van der Waals surface area contributed by atoms with Crippen LogP contribution in [0.15, 0.2) is 91.1 Å². The van der Waals surface area contributed by atoms with Crippen LogP contribution >= 0.6 is 0 Å². The minimum Gasteiger partial charge on any atom is -0.490 e. The van der Waals surface area contributed by atoms with Crippen LogP contribution in [0.25, 0.3) is 16.9 Å². The van der Waals surface area contributed by atoms with E-state index in [4.69, 9.17) is 9.47 Å². The summed E-state index contributed by atoms with van der Waals surface area (Å²) in [5, 5.41) is 4.64. The van der Waals surface area contributed by atoms with Crippen LogP contribution in [-0.4, -0.2) is 29.0 Å². The summed E-state index contributed by atoms with van der Waals surface area (Å²) < 4.78 is 12.8. The van der Waals surface area contributed by atoms with Gasteiger partial charge in [-0.15, -0.1) is 0 Å². The summed E-state index contributed by atoms with van der Waals surface area (Å²) in [6.07, 6.45) is 1.71. The number of para-hydroxylation sites is 1. The highest BCUT2D eigenvalue weighted by Crippen LogP contribution is 2.24. The van der Waals surface area contributed by atoms with Crippen molar-refractivity contribution in [3.8, 4) is 22.7 Å². The van der Waals surface area contributed by atoms with E-state index in [1.165, 1.54) is 0 Å². The first kappa shape index (κ1) is 19.5. The van der Waals surface area contributed by atoms with Gasteiger partial charge in [0.15, 0.2) is 0 Å². The van der Waals surface area contributed by atoms with Gasteiger partial charge in [-0.3, -0.25) is 0 Å². The Morgan fingerprint density at radius 3 is 2.37 bits per heavy atom. The highest BCUT2D eigenvalue weighted by Gasteiger charge is 2.20. The van der Waals surface area contributed by atoms with E-state index in [2.05, 4.69) is 5.10 Å². The molecule has 0 bridgehead atoms. The summed E-state index contributed by atoms with van der Waals surface area (Å²) in [7, 11) is 0. The Morgan fingerprint density at radius 1 is 0.900 bits per heavy atom. The number of carbonyl (C=O) groups is 1. The highest BCUT2D eigenvalue weighted by atomic mass is 16.6. The lowest BCUT2D eigenvalue weighted by molar-refractivity contribution is 0.0451. The summed E-state index contributed by atoms with van der Waals surface area (Å²) in [4.78, 5) is 12.8. The fourth-order valence-electron chi connectivity index (χ4n) is 3.12. The van der Waals surface area contributed by atoms with Crippen LogP contribution in [0, 0.1) is 6.92 Å². The van der Waals surface area contributed by atoms with Crippen LogP contribution in [0.3, 0.4) is 0 Å². The van der Waals surface area contributed by atoms with E-state index in [1.807, 2.05) is 91.9 Å². The molecule has 0 amide bonds. The highest BCUT2D eigenvalue weighted by molar-refractivity contribution is 5.96. The zero-order chi connectivity index (χ0) is 20.8. The van der Waals surface area contributed by atoms with Crippen LogP contribution in [-0.2, 0) is 4.74 Å². The van der Waals surface area contributed by atoms with E-state index in [1.54, 1.807) is 10.9 Å². The van der Waals surface area contributed by atoms with Gasteiger partial charge < -0.3 is 9.47 Å². The molecule has 30 heavy (non-hydrogen) atoms.